The molecule has 0 saturated carbocycles. The van der Waals surface area contributed by atoms with E-state index in [0.717, 1.165) is 16.7 Å². The lowest BCUT2D eigenvalue weighted by Gasteiger charge is -2.17. The summed E-state index contributed by atoms with van der Waals surface area (Å²) in [5.41, 5.74) is 6.15. The fraction of sp³-hybridized carbons (Fsp3) is 0.130. The molecule has 6 nitrogen and oxygen atoms in total. The first-order valence-electron chi connectivity index (χ1n) is 9.65. The molecule has 0 saturated heterocycles. The summed E-state index contributed by atoms with van der Waals surface area (Å²) in [6.07, 6.45) is 0. The number of hydrogen-bond acceptors (Lipinski definition) is 5. The van der Waals surface area contributed by atoms with Crippen molar-refractivity contribution in [2.24, 2.45) is 0 Å². The Morgan fingerprint density at radius 1 is 1.06 bits per heavy atom. The van der Waals surface area contributed by atoms with Crippen LogP contribution in [0.3, 0.4) is 0 Å². The number of ether oxygens (including phenoxy) is 2. The van der Waals surface area contributed by atoms with Crippen LogP contribution in [0.1, 0.15) is 11.1 Å². The van der Waals surface area contributed by atoms with E-state index in [0.29, 0.717) is 40.3 Å². The Labute approximate surface area is 190 Å². The van der Waals surface area contributed by atoms with E-state index in [1.807, 2.05) is 66.7 Å². The molecule has 0 atom stereocenters. The van der Waals surface area contributed by atoms with Gasteiger partial charge in [-0.3, -0.25) is 0 Å². The van der Waals surface area contributed by atoms with E-state index in [-0.39, 0.29) is 0 Å². The number of aromatic amines is 1. The second-order valence-electron chi connectivity index (χ2n) is 6.76. The minimum Gasteiger partial charge on any atom is -0.493 e. The Balaban J connectivity index is 1.61. The monoisotopic (exact) mass is 452 g/mol. The van der Waals surface area contributed by atoms with E-state index < -0.39 is 0 Å². The number of hydrogen-bond donors (Lipinski definition) is 2. The van der Waals surface area contributed by atoms with E-state index in [1.54, 1.807) is 17.9 Å². The molecule has 0 unspecified atom stereocenters. The maximum atomic E-state index is 6.33. The van der Waals surface area contributed by atoms with Crippen molar-refractivity contribution in [3.63, 3.8) is 0 Å². The van der Waals surface area contributed by atoms with Gasteiger partial charge in [0.05, 0.1) is 13.7 Å². The van der Waals surface area contributed by atoms with Crippen molar-refractivity contribution < 1.29 is 9.47 Å². The maximum absolute atomic E-state index is 6.33. The first-order chi connectivity index (χ1) is 15.2. The molecule has 0 spiro atoms. The van der Waals surface area contributed by atoms with Gasteiger partial charge in [0.1, 0.15) is 6.61 Å². The average Bonchev–Trinajstić information content (AvgIpc) is 3.18. The van der Waals surface area contributed by atoms with Gasteiger partial charge >= 0.3 is 0 Å². The summed E-state index contributed by atoms with van der Waals surface area (Å²) in [6, 6.07) is 23.3. The zero-order valence-electron chi connectivity index (χ0n) is 16.8. The van der Waals surface area contributed by atoms with Gasteiger partial charge < -0.3 is 14.9 Å². The third kappa shape index (κ3) is 4.90. The number of nitrogens with one attached hydrogen (secondary N) is 2. The van der Waals surface area contributed by atoms with Crippen LogP contribution < -0.4 is 14.9 Å². The first-order valence-corrected chi connectivity index (χ1v) is 10.4. The Morgan fingerprint density at radius 2 is 1.77 bits per heavy atom. The van der Waals surface area contributed by atoms with Gasteiger partial charge in [0.2, 0.25) is 4.77 Å². The van der Waals surface area contributed by atoms with Gasteiger partial charge in [0.25, 0.3) is 0 Å². The SMILES string of the molecule is COc1cc(Cl)cc(CNn2c(-c3ccccc3)n[nH]c2=S)c1OCc1ccccc1. The predicted octanol–water partition coefficient (Wildman–Crippen LogP) is 5.59. The van der Waals surface area contributed by atoms with Gasteiger partial charge in [0, 0.05) is 22.2 Å². The Bertz CT molecular complexity index is 1210. The van der Waals surface area contributed by atoms with Crippen LogP contribution in [0.15, 0.2) is 72.8 Å². The molecule has 4 aromatic rings. The molecule has 3 aromatic carbocycles. The van der Waals surface area contributed by atoms with Crippen molar-refractivity contribution in [1.29, 1.82) is 0 Å². The Hall–Kier alpha value is -3.29. The lowest BCUT2D eigenvalue weighted by molar-refractivity contribution is 0.281. The summed E-state index contributed by atoms with van der Waals surface area (Å²) in [5, 5.41) is 7.74. The van der Waals surface area contributed by atoms with Gasteiger partial charge in [-0.05, 0) is 23.8 Å². The van der Waals surface area contributed by atoms with Crippen molar-refractivity contribution in [2.75, 3.05) is 12.5 Å². The van der Waals surface area contributed by atoms with Crippen molar-refractivity contribution >= 4 is 23.8 Å². The van der Waals surface area contributed by atoms with E-state index in [4.69, 9.17) is 33.3 Å². The van der Waals surface area contributed by atoms with Crippen LogP contribution in [0.4, 0.5) is 0 Å². The predicted molar refractivity (Wildman–Crippen MR) is 125 cm³/mol. The highest BCUT2D eigenvalue weighted by Crippen LogP contribution is 2.35. The summed E-state index contributed by atoms with van der Waals surface area (Å²) in [6.45, 7) is 0.807. The van der Waals surface area contributed by atoms with Gasteiger partial charge in [-0.25, -0.2) is 9.77 Å². The molecule has 0 aliphatic heterocycles. The minimum atomic E-state index is 0.398. The third-order valence-corrected chi connectivity index (χ3v) is 5.17. The topological polar surface area (TPSA) is 64.1 Å². The van der Waals surface area contributed by atoms with Gasteiger partial charge in [0.15, 0.2) is 17.3 Å². The molecule has 0 aliphatic rings. The minimum absolute atomic E-state index is 0.398. The normalized spacial score (nSPS) is 10.6. The third-order valence-electron chi connectivity index (χ3n) is 4.67. The standard InChI is InChI=1S/C23H21ClN4O2S/c1-29-20-13-19(24)12-18(21(20)30-15-16-8-4-2-5-9-16)14-25-28-22(26-27-23(28)31)17-10-6-3-7-11-17/h2-13,25H,14-15H2,1H3,(H,27,31). The van der Waals surface area contributed by atoms with Gasteiger partial charge in [-0.2, -0.15) is 5.10 Å². The van der Waals surface area contributed by atoms with Crippen molar-refractivity contribution in [1.82, 2.24) is 14.9 Å². The molecular formula is C23H21ClN4O2S. The summed E-state index contributed by atoms with van der Waals surface area (Å²) >= 11 is 11.7. The van der Waals surface area contributed by atoms with Gasteiger partial charge in [-0.15, -0.1) is 0 Å². The fourth-order valence-corrected chi connectivity index (χ4v) is 3.62. The van der Waals surface area contributed by atoms with Crippen molar-refractivity contribution in [3.8, 4) is 22.9 Å². The zero-order chi connectivity index (χ0) is 21.6. The van der Waals surface area contributed by atoms with E-state index >= 15 is 0 Å². The lowest BCUT2D eigenvalue weighted by atomic mass is 10.1. The fourth-order valence-electron chi connectivity index (χ4n) is 3.19. The number of benzene rings is 3. The Kier molecular flexibility index (Phi) is 6.54. The number of H-pyrrole nitrogens is 1. The second kappa shape index (κ2) is 9.68. The molecule has 0 amide bonds. The quantitative estimate of drug-likeness (QED) is 0.341. The molecule has 0 fully saturated rings. The van der Waals surface area contributed by atoms with E-state index in [9.17, 15) is 0 Å². The molecule has 0 radical (unpaired) electrons. The lowest BCUT2D eigenvalue weighted by Crippen LogP contribution is -2.17. The molecule has 2 N–H and O–H groups in total. The molecule has 31 heavy (non-hydrogen) atoms. The molecule has 158 valence electrons. The summed E-state index contributed by atoms with van der Waals surface area (Å²) < 4.78 is 13.9. The van der Waals surface area contributed by atoms with Crippen molar-refractivity contribution in [2.45, 2.75) is 13.2 Å². The van der Waals surface area contributed by atoms with Crippen LogP contribution in [0.25, 0.3) is 11.4 Å². The molecule has 8 heteroatoms. The number of methoxy groups -OCH3 is 1. The Morgan fingerprint density at radius 3 is 2.48 bits per heavy atom. The average molecular weight is 453 g/mol. The highest BCUT2D eigenvalue weighted by atomic mass is 35.5. The molecule has 0 aliphatic carbocycles. The second-order valence-corrected chi connectivity index (χ2v) is 7.58. The van der Waals surface area contributed by atoms with Crippen LogP contribution in [0.5, 0.6) is 11.5 Å². The maximum Gasteiger partial charge on any atom is 0.214 e. The van der Waals surface area contributed by atoms with Crippen LogP contribution in [-0.2, 0) is 13.2 Å². The van der Waals surface area contributed by atoms with E-state index in [1.165, 1.54) is 0 Å². The van der Waals surface area contributed by atoms with Crippen LogP contribution >= 0.6 is 23.8 Å². The smallest absolute Gasteiger partial charge is 0.214 e. The first kappa shape index (κ1) is 21.0. The molecule has 4 rings (SSSR count). The van der Waals surface area contributed by atoms with Crippen LogP contribution in [-0.4, -0.2) is 22.0 Å². The number of aromatic nitrogens is 3. The van der Waals surface area contributed by atoms with Crippen LogP contribution in [0.2, 0.25) is 5.02 Å². The van der Waals surface area contributed by atoms with Gasteiger partial charge in [-0.1, -0.05) is 72.3 Å². The molecular weight excluding hydrogens is 432 g/mol. The van der Waals surface area contributed by atoms with E-state index in [2.05, 4.69) is 15.6 Å². The summed E-state index contributed by atoms with van der Waals surface area (Å²) in [7, 11) is 1.60. The molecule has 1 heterocycles. The largest absolute Gasteiger partial charge is 0.493 e. The molecule has 0 bridgehead atoms. The summed E-state index contributed by atoms with van der Waals surface area (Å²) in [5.74, 6) is 1.88. The highest BCUT2D eigenvalue weighted by Gasteiger charge is 2.15. The molecule has 1 aromatic heterocycles. The number of nitrogens with zero attached hydrogens (tertiary/aromatic N) is 2. The van der Waals surface area contributed by atoms with Crippen molar-refractivity contribution in [3.05, 3.63) is 93.7 Å². The van der Waals surface area contributed by atoms with Crippen LogP contribution in [0, 0.1) is 4.77 Å². The summed E-state index contributed by atoms with van der Waals surface area (Å²) in [4.78, 5) is 0. The zero-order valence-corrected chi connectivity index (χ0v) is 18.4. The number of rotatable bonds is 8. The highest BCUT2D eigenvalue weighted by molar-refractivity contribution is 7.71. The number of halogens is 1.